The molecule has 7 nitrogen and oxygen atoms in total. The van der Waals surface area contributed by atoms with E-state index in [1.54, 1.807) is 0 Å². The zero-order chi connectivity index (χ0) is 15.0. The van der Waals surface area contributed by atoms with E-state index in [9.17, 15) is 10.2 Å². The normalized spacial score (nSPS) is 22.5. The summed E-state index contributed by atoms with van der Waals surface area (Å²) in [5, 5.41) is 26.4. The lowest BCUT2D eigenvalue weighted by molar-refractivity contribution is 0.376. The first-order chi connectivity index (χ1) is 10.0. The lowest BCUT2D eigenvalue weighted by Crippen LogP contribution is -2.48. The van der Waals surface area contributed by atoms with E-state index >= 15 is 0 Å². The Bertz CT molecular complexity index is 642. The monoisotopic (exact) mass is 289 g/mol. The molecule has 0 radical (unpaired) electrons. The summed E-state index contributed by atoms with van der Waals surface area (Å²) in [4.78, 5) is 6.43. The standard InChI is InChI=1S/C14H19N5O2/c1-8-4-5-19(7-11(8)15)14-16-13(17-18-14)10-6-9(20)2-3-12(10)21/h2-3,6,8,11,20-21H,4-5,7,15H2,1H3,(H,16,17,18). The van der Waals surface area contributed by atoms with Gasteiger partial charge in [0.05, 0.1) is 5.56 Å². The lowest BCUT2D eigenvalue weighted by atomic mass is 9.95. The number of hydrogen-bond donors (Lipinski definition) is 4. The number of aromatic nitrogens is 3. The van der Waals surface area contributed by atoms with Gasteiger partial charge in [0.15, 0.2) is 5.82 Å². The third-order valence-corrected chi connectivity index (χ3v) is 4.01. The van der Waals surface area contributed by atoms with Crippen molar-refractivity contribution in [1.29, 1.82) is 0 Å². The third-order valence-electron chi connectivity index (χ3n) is 4.01. The molecule has 1 fully saturated rings. The molecule has 1 aromatic heterocycles. The van der Waals surface area contributed by atoms with E-state index in [0.717, 1.165) is 13.0 Å². The fourth-order valence-corrected chi connectivity index (χ4v) is 2.51. The number of nitrogens with two attached hydrogens (primary N) is 1. The molecule has 1 aliphatic rings. The van der Waals surface area contributed by atoms with Crippen molar-refractivity contribution in [3.8, 4) is 22.9 Å². The zero-order valence-electron chi connectivity index (χ0n) is 11.8. The molecule has 3 rings (SSSR count). The second-order valence-corrected chi connectivity index (χ2v) is 5.56. The second kappa shape index (κ2) is 5.25. The molecule has 112 valence electrons. The number of nitrogens with zero attached hydrogens (tertiary/aromatic N) is 3. The van der Waals surface area contributed by atoms with Gasteiger partial charge in [0.1, 0.15) is 11.5 Å². The number of anilines is 1. The second-order valence-electron chi connectivity index (χ2n) is 5.56. The summed E-state index contributed by atoms with van der Waals surface area (Å²) in [5.74, 6) is 1.59. The van der Waals surface area contributed by atoms with Crippen LogP contribution in [0.1, 0.15) is 13.3 Å². The van der Waals surface area contributed by atoms with Crippen LogP contribution in [0.5, 0.6) is 11.5 Å². The van der Waals surface area contributed by atoms with Gasteiger partial charge in [-0.25, -0.2) is 0 Å². The summed E-state index contributed by atoms with van der Waals surface area (Å²) in [6.07, 6.45) is 1.00. The van der Waals surface area contributed by atoms with E-state index in [4.69, 9.17) is 5.73 Å². The van der Waals surface area contributed by atoms with Gasteiger partial charge in [0.2, 0.25) is 5.95 Å². The number of phenols is 2. The molecule has 7 heteroatoms. The van der Waals surface area contributed by atoms with E-state index in [1.807, 2.05) is 4.90 Å². The lowest BCUT2D eigenvalue weighted by Gasteiger charge is -2.34. The molecule has 0 bridgehead atoms. The molecule has 2 heterocycles. The fraction of sp³-hybridized carbons (Fsp3) is 0.429. The van der Waals surface area contributed by atoms with E-state index in [0.29, 0.717) is 29.8 Å². The Morgan fingerprint density at radius 3 is 2.95 bits per heavy atom. The first-order valence-electron chi connectivity index (χ1n) is 7.00. The van der Waals surface area contributed by atoms with Crippen LogP contribution >= 0.6 is 0 Å². The van der Waals surface area contributed by atoms with Crippen molar-refractivity contribution in [2.45, 2.75) is 19.4 Å². The van der Waals surface area contributed by atoms with Crippen molar-refractivity contribution in [2.24, 2.45) is 11.7 Å². The Morgan fingerprint density at radius 2 is 2.19 bits per heavy atom. The molecule has 2 atom stereocenters. The van der Waals surface area contributed by atoms with Crippen LogP contribution in [0.2, 0.25) is 0 Å². The van der Waals surface area contributed by atoms with E-state index in [2.05, 4.69) is 22.1 Å². The minimum absolute atomic E-state index is 0.0412. The summed E-state index contributed by atoms with van der Waals surface area (Å²) in [6, 6.07) is 4.39. The quantitative estimate of drug-likeness (QED) is 0.615. The van der Waals surface area contributed by atoms with Gasteiger partial charge >= 0.3 is 0 Å². The number of nitrogens with one attached hydrogen (secondary N) is 1. The van der Waals surface area contributed by atoms with Crippen LogP contribution in [0, 0.1) is 5.92 Å². The molecule has 1 saturated heterocycles. The molecule has 1 aliphatic heterocycles. The Labute approximate surface area is 122 Å². The maximum absolute atomic E-state index is 9.85. The van der Waals surface area contributed by atoms with Gasteiger partial charge in [-0.2, -0.15) is 4.98 Å². The van der Waals surface area contributed by atoms with Crippen molar-refractivity contribution in [1.82, 2.24) is 15.2 Å². The van der Waals surface area contributed by atoms with Crippen molar-refractivity contribution >= 4 is 5.95 Å². The van der Waals surface area contributed by atoms with Crippen LogP contribution in [-0.4, -0.2) is 44.5 Å². The fourth-order valence-electron chi connectivity index (χ4n) is 2.51. The summed E-state index contributed by atoms with van der Waals surface area (Å²) in [6.45, 7) is 3.72. The van der Waals surface area contributed by atoms with Crippen molar-refractivity contribution in [3.05, 3.63) is 18.2 Å². The average molecular weight is 289 g/mol. The summed E-state index contributed by atoms with van der Waals surface area (Å²) in [5.41, 5.74) is 6.51. The molecule has 0 saturated carbocycles. The molecule has 0 aliphatic carbocycles. The number of hydrogen-bond acceptors (Lipinski definition) is 6. The summed E-state index contributed by atoms with van der Waals surface area (Å²) >= 11 is 0. The molecule has 0 spiro atoms. The zero-order valence-corrected chi connectivity index (χ0v) is 11.8. The third kappa shape index (κ3) is 2.64. The molecule has 5 N–H and O–H groups in total. The van der Waals surface area contributed by atoms with Gasteiger partial charge in [0.25, 0.3) is 0 Å². The van der Waals surface area contributed by atoms with Gasteiger partial charge in [0, 0.05) is 19.1 Å². The highest BCUT2D eigenvalue weighted by molar-refractivity contribution is 5.66. The minimum atomic E-state index is 0.0412. The van der Waals surface area contributed by atoms with Crippen LogP contribution in [-0.2, 0) is 0 Å². The van der Waals surface area contributed by atoms with Crippen LogP contribution in [0.4, 0.5) is 5.95 Å². The molecule has 21 heavy (non-hydrogen) atoms. The number of phenolic OH excluding ortho intramolecular Hbond substituents is 2. The number of piperidine rings is 1. The Morgan fingerprint density at radius 1 is 1.38 bits per heavy atom. The van der Waals surface area contributed by atoms with Gasteiger partial charge in [-0.05, 0) is 30.5 Å². The number of H-pyrrole nitrogens is 1. The van der Waals surface area contributed by atoms with Gasteiger partial charge in [-0.1, -0.05) is 6.92 Å². The van der Waals surface area contributed by atoms with Crippen LogP contribution < -0.4 is 10.6 Å². The first-order valence-corrected chi connectivity index (χ1v) is 7.00. The SMILES string of the molecule is CC1CCN(c2n[nH]c(-c3cc(O)ccc3O)n2)CC1N. The topological polar surface area (TPSA) is 111 Å². The molecule has 2 aromatic rings. The largest absolute Gasteiger partial charge is 0.508 e. The molecule has 2 unspecified atom stereocenters. The van der Waals surface area contributed by atoms with E-state index in [-0.39, 0.29) is 17.5 Å². The minimum Gasteiger partial charge on any atom is -0.508 e. The predicted molar refractivity (Wildman–Crippen MR) is 79.1 cm³/mol. The van der Waals surface area contributed by atoms with Crippen LogP contribution in [0.25, 0.3) is 11.4 Å². The van der Waals surface area contributed by atoms with E-state index in [1.165, 1.54) is 18.2 Å². The number of aromatic amines is 1. The van der Waals surface area contributed by atoms with Crippen LogP contribution in [0.3, 0.4) is 0 Å². The highest BCUT2D eigenvalue weighted by Crippen LogP contribution is 2.31. The Balaban J connectivity index is 1.85. The predicted octanol–water partition coefficient (Wildman–Crippen LogP) is 1.06. The molecule has 1 aromatic carbocycles. The van der Waals surface area contributed by atoms with Crippen molar-refractivity contribution in [2.75, 3.05) is 18.0 Å². The van der Waals surface area contributed by atoms with Gasteiger partial charge < -0.3 is 20.8 Å². The molecule has 0 amide bonds. The number of rotatable bonds is 2. The van der Waals surface area contributed by atoms with E-state index < -0.39 is 0 Å². The average Bonchev–Trinajstić information content (AvgIpc) is 2.94. The molecular weight excluding hydrogens is 270 g/mol. The van der Waals surface area contributed by atoms with Crippen molar-refractivity contribution < 1.29 is 10.2 Å². The summed E-state index contributed by atoms with van der Waals surface area (Å²) < 4.78 is 0. The van der Waals surface area contributed by atoms with Gasteiger partial charge in [-0.3, -0.25) is 5.10 Å². The highest BCUT2D eigenvalue weighted by atomic mass is 16.3. The number of benzene rings is 1. The first kappa shape index (κ1) is 13.7. The Kier molecular flexibility index (Phi) is 3.42. The Hall–Kier alpha value is -2.28. The summed E-state index contributed by atoms with van der Waals surface area (Å²) in [7, 11) is 0. The highest BCUT2D eigenvalue weighted by Gasteiger charge is 2.25. The van der Waals surface area contributed by atoms with Crippen molar-refractivity contribution in [3.63, 3.8) is 0 Å². The smallest absolute Gasteiger partial charge is 0.245 e. The maximum atomic E-state index is 9.85. The van der Waals surface area contributed by atoms with Crippen LogP contribution in [0.15, 0.2) is 18.2 Å². The van der Waals surface area contributed by atoms with Gasteiger partial charge in [-0.15, -0.1) is 5.10 Å². The molecular formula is C14H19N5O2. The maximum Gasteiger partial charge on any atom is 0.245 e. The number of aromatic hydroxyl groups is 2.